The van der Waals surface area contributed by atoms with Crippen LogP contribution in [0.3, 0.4) is 0 Å². The fourth-order valence-corrected chi connectivity index (χ4v) is 1.99. The molecule has 0 saturated carbocycles. The van der Waals surface area contributed by atoms with Crippen LogP contribution < -0.4 is 5.32 Å². The Balaban J connectivity index is 3.21. The van der Waals surface area contributed by atoms with Crippen molar-refractivity contribution in [1.82, 2.24) is 5.32 Å². The van der Waals surface area contributed by atoms with E-state index >= 15 is 0 Å². The molecule has 0 aliphatic carbocycles. The van der Waals surface area contributed by atoms with Gasteiger partial charge in [0.15, 0.2) is 5.76 Å². The SMILES string of the molecule is CO/C(C(=O)Cc1ccccc1)=C(/NC(=O)C(F)(F)F)C(C)(C)C. The van der Waals surface area contributed by atoms with Gasteiger partial charge in [0.1, 0.15) is 0 Å². The summed E-state index contributed by atoms with van der Waals surface area (Å²) in [5, 5.41) is 1.78. The predicted octanol–water partition coefficient (Wildman–Crippen LogP) is 3.38. The number of nitrogens with one attached hydrogen (secondary N) is 1. The van der Waals surface area contributed by atoms with Gasteiger partial charge < -0.3 is 10.1 Å². The molecule has 0 atom stereocenters. The van der Waals surface area contributed by atoms with E-state index in [0.717, 1.165) is 0 Å². The van der Waals surface area contributed by atoms with E-state index in [9.17, 15) is 22.8 Å². The van der Waals surface area contributed by atoms with Crippen LogP contribution in [-0.4, -0.2) is 25.0 Å². The number of ketones is 1. The number of methoxy groups -OCH3 is 1. The van der Waals surface area contributed by atoms with Crippen molar-refractivity contribution in [3.05, 3.63) is 47.4 Å². The summed E-state index contributed by atoms with van der Waals surface area (Å²) in [6.07, 6.45) is -5.11. The van der Waals surface area contributed by atoms with Crippen LogP contribution in [0.5, 0.6) is 0 Å². The maximum atomic E-state index is 12.6. The van der Waals surface area contributed by atoms with E-state index in [1.54, 1.807) is 56.4 Å². The van der Waals surface area contributed by atoms with Crippen molar-refractivity contribution in [1.29, 1.82) is 0 Å². The Morgan fingerprint density at radius 1 is 1.08 bits per heavy atom. The highest BCUT2D eigenvalue weighted by Crippen LogP contribution is 2.28. The maximum absolute atomic E-state index is 12.6. The summed E-state index contributed by atoms with van der Waals surface area (Å²) in [4.78, 5) is 23.7. The van der Waals surface area contributed by atoms with Gasteiger partial charge in [-0.25, -0.2) is 0 Å². The summed E-state index contributed by atoms with van der Waals surface area (Å²) in [6.45, 7) is 4.73. The van der Waals surface area contributed by atoms with Crippen molar-refractivity contribution < 1.29 is 27.5 Å². The molecule has 7 heteroatoms. The predicted molar refractivity (Wildman–Crippen MR) is 82.8 cm³/mol. The molecule has 1 rings (SSSR count). The van der Waals surface area contributed by atoms with Crippen LogP contribution in [0.15, 0.2) is 41.8 Å². The lowest BCUT2D eigenvalue weighted by atomic mass is 9.89. The quantitative estimate of drug-likeness (QED) is 0.659. The zero-order chi connectivity index (χ0) is 18.5. The van der Waals surface area contributed by atoms with Crippen LogP contribution in [0, 0.1) is 5.41 Å². The highest BCUT2D eigenvalue weighted by molar-refractivity contribution is 5.97. The molecule has 1 N–H and O–H groups in total. The third-order valence-electron chi connectivity index (χ3n) is 3.14. The molecule has 0 aromatic heterocycles. The number of halogens is 3. The minimum absolute atomic E-state index is 0.0501. The fraction of sp³-hybridized carbons (Fsp3) is 0.412. The number of rotatable bonds is 5. The molecule has 0 bridgehead atoms. The van der Waals surface area contributed by atoms with Crippen molar-refractivity contribution in [3.8, 4) is 0 Å². The zero-order valence-electron chi connectivity index (χ0n) is 14.0. The van der Waals surface area contributed by atoms with Gasteiger partial charge in [0.05, 0.1) is 12.8 Å². The average Bonchev–Trinajstić information content (AvgIpc) is 2.45. The Kier molecular flexibility index (Phi) is 6.17. The first-order chi connectivity index (χ1) is 11.0. The molecule has 1 amide bonds. The van der Waals surface area contributed by atoms with Gasteiger partial charge in [0.25, 0.3) is 0 Å². The lowest BCUT2D eigenvalue weighted by molar-refractivity contribution is -0.173. The van der Waals surface area contributed by atoms with E-state index in [1.165, 1.54) is 7.11 Å². The Labute approximate surface area is 138 Å². The largest absolute Gasteiger partial charge is 0.491 e. The monoisotopic (exact) mass is 343 g/mol. The molecule has 24 heavy (non-hydrogen) atoms. The maximum Gasteiger partial charge on any atom is 0.471 e. The number of Topliss-reactive ketones (excluding diaryl/α,β-unsaturated/α-hetero) is 1. The molecule has 0 saturated heterocycles. The molecule has 132 valence electrons. The smallest absolute Gasteiger partial charge is 0.471 e. The van der Waals surface area contributed by atoms with Gasteiger partial charge >= 0.3 is 12.1 Å². The van der Waals surface area contributed by atoms with Crippen molar-refractivity contribution >= 4 is 11.7 Å². The molecule has 0 unspecified atom stereocenters. The van der Waals surface area contributed by atoms with Gasteiger partial charge in [-0.05, 0) is 5.56 Å². The summed E-state index contributed by atoms with van der Waals surface area (Å²) < 4.78 is 42.7. The molecule has 0 aliphatic heterocycles. The molecule has 0 heterocycles. The van der Waals surface area contributed by atoms with Crippen molar-refractivity contribution in [2.75, 3.05) is 7.11 Å². The van der Waals surface area contributed by atoms with Gasteiger partial charge in [0, 0.05) is 11.8 Å². The van der Waals surface area contributed by atoms with Gasteiger partial charge in [-0.2, -0.15) is 13.2 Å². The molecule has 0 radical (unpaired) electrons. The highest BCUT2D eigenvalue weighted by atomic mass is 19.4. The lowest BCUT2D eigenvalue weighted by Gasteiger charge is -2.26. The van der Waals surface area contributed by atoms with Crippen LogP contribution in [0.2, 0.25) is 0 Å². The summed E-state index contributed by atoms with van der Waals surface area (Å²) in [5.74, 6) is -2.95. The Morgan fingerprint density at radius 2 is 1.62 bits per heavy atom. The van der Waals surface area contributed by atoms with Crippen molar-refractivity contribution in [2.24, 2.45) is 5.41 Å². The third-order valence-corrected chi connectivity index (χ3v) is 3.14. The lowest BCUT2D eigenvalue weighted by Crippen LogP contribution is -2.41. The van der Waals surface area contributed by atoms with Crippen LogP contribution in [0.1, 0.15) is 26.3 Å². The molecule has 0 fully saturated rings. The minimum atomic E-state index is -5.06. The van der Waals surface area contributed by atoms with Crippen LogP contribution >= 0.6 is 0 Å². The number of hydrogen-bond donors (Lipinski definition) is 1. The second-order valence-electron chi connectivity index (χ2n) is 6.20. The number of hydrogen-bond acceptors (Lipinski definition) is 3. The number of carbonyl (C=O) groups excluding carboxylic acids is 2. The molecule has 0 spiro atoms. The van der Waals surface area contributed by atoms with Crippen LogP contribution in [0.25, 0.3) is 0 Å². The van der Waals surface area contributed by atoms with Crippen LogP contribution in [0.4, 0.5) is 13.2 Å². The summed E-state index contributed by atoms with van der Waals surface area (Å²) in [6, 6.07) is 8.71. The van der Waals surface area contributed by atoms with Gasteiger partial charge in [-0.1, -0.05) is 51.1 Å². The number of amides is 1. The first kappa shape index (κ1) is 19.7. The van der Waals surface area contributed by atoms with Crippen molar-refractivity contribution in [3.63, 3.8) is 0 Å². The number of carbonyl (C=O) groups is 2. The first-order valence-corrected chi connectivity index (χ1v) is 7.21. The highest BCUT2D eigenvalue weighted by Gasteiger charge is 2.41. The molecular formula is C17H20F3NO3. The van der Waals surface area contributed by atoms with Gasteiger partial charge in [0.2, 0.25) is 5.78 Å². The Hall–Kier alpha value is -2.31. The van der Waals surface area contributed by atoms with Gasteiger partial charge in [-0.15, -0.1) is 0 Å². The summed E-state index contributed by atoms with van der Waals surface area (Å²) in [5.41, 5.74) is -0.445. The number of ether oxygens (including phenoxy) is 1. The molecule has 0 aliphatic rings. The van der Waals surface area contributed by atoms with Crippen molar-refractivity contribution in [2.45, 2.75) is 33.4 Å². The number of alkyl halides is 3. The summed E-state index contributed by atoms with van der Waals surface area (Å²) >= 11 is 0. The minimum Gasteiger partial charge on any atom is -0.491 e. The molecule has 1 aromatic rings. The van der Waals surface area contributed by atoms with Crippen LogP contribution in [-0.2, 0) is 20.7 Å². The second kappa shape index (κ2) is 7.51. The normalized spacial score (nSPS) is 13.1. The van der Waals surface area contributed by atoms with E-state index in [2.05, 4.69) is 0 Å². The fourth-order valence-electron chi connectivity index (χ4n) is 1.99. The van der Waals surface area contributed by atoms with E-state index in [0.29, 0.717) is 5.56 Å². The topological polar surface area (TPSA) is 55.4 Å². The molecule has 1 aromatic carbocycles. The van der Waals surface area contributed by atoms with E-state index < -0.39 is 23.3 Å². The van der Waals surface area contributed by atoms with E-state index in [4.69, 9.17) is 4.74 Å². The molecule has 4 nitrogen and oxygen atoms in total. The number of benzene rings is 1. The Bertz CT molecular complexity index is 629. The Morgan fingerprint density at radius 3 is 2.04 bits per heavy atom. The third kappa shape index (κ3) is 5.40. The van der Waals surface area contributed by atoms with Gasteiger partial charge in [-0.3, -0.25) is 9.59 Å². The first-order valence-electron chi connectivity index (χ1n) is 7.21. The molecular weight excluding hydrogens is 323 g/mol. The number of allylic oxidation sites excluding steroid dienone is 2. The van der Waals surface area contributed by atoms with E-state index in [-0.39, 0.29) is 17.9 Å². The standard InChI is InChI=1S/C17H20F3NO3/c1-16(2,3)14(21-15(23)17(18,19)20)13(24-4)12(22)10-11-8-6-5-7-9-11/h5-9H,10H2,1-4H3,(H,21,23)/b14-13+. The summed E-state index contributed by atoms with van der Waals surface area (Å²) in [7, 11) is 1.18. The zero-order valence-corrected chi connectivity index (χ0v) is 14.0. The average molecular weight is 343 g/mol. The van der Waals surface area contributed by atoms with E-state index in [1.807, 2.05) is 0 Å². The second-order valence-corrected chi connectivity index (χ2v) is 6.20.